The fraction of sp³-hybridized carbons (Fsp3) is 0.278. The average molecular weight is 318 g/mol. The summed E-state index contributed by atoms with van der Waals surface area (Å²) < 4.78 is 29.1. The predicted molar refractivity (Wildman–Crippen MR) is 84.3 cm³/mol. The van der Waals surface area contributed by atoms with E-state index in [9.17, 15) is 9.18 Å². The third-order valence-corrected chi connectivity index (χ3v) is 3.46. The Morgan fingerprint density at radius 3 is 2.61 bits per heavy atom. The van der Waals surface area contributed by atoms with E-state index in [4.69, 9.17) is 9.47 Å². The molecular formula is C18H19FO4. The zero-order chi connectivity index (χ0) is 16.8. The molecule has 0 radical (unpaired) electrons. The second-order valence-corrected chi connectivity index (χ2v) is 5.01. The number of hydrogen-bond donors (Lipinski definition) is 0. The van der Waals surface area contributed by atoms with Crippen molar-refractivity contribution in [3.05, 3.63) is 58.9 Å². The maximum Gasteiger partial charge on any atom is 0.513 e. The van der Waals surface area contributed by atoms with E-state index < -0.39 is 12.0 Å². The zero-order valence-electron chi connectivity index (χ0n) is 13.4. The van der Waals surface area contributed by atoms with E-state index in [1.807, 2.05) is 25.1 Å². The lowest BCUT2D eigenvalue weighted by atomic mass is 10.1. The number of aryl methyl sites for hydroxylation is 2. The summed E-state index contributed by atoms with van der Waals surface area (Å²) in [6.45, 7) is 3.96. The van der Waals surface area contributed by atoms with Gasteiger partial charge in [0.05, 0.1) is 12.7 Å². The quantitative estimate of drug-likeness (QED) is 0.604. The third-order valence-electron chi connectivity index (χ3n) is 3.46. The van der Waals surface area contributed by atoms with E-state index in [1.54, 1.807) is 0 Å². The summed E-state index contributed by atoms with van der Waals surface area (Å²) in [5.74, 6) is 0.239. The minimum atomic E-state index is -0.902. The van der Waals surface area contributed by atoms with Crippen LogP contribution in [0.2, 0.25) is 0 Å². The molecule has 0 heterocycles. The number of benzene rings is 2. The maximum atomic E-state index is 14.0. The maximum absolute atomic E-state index is 14.0. The largest absolute Gasteiger partial charge is 0.513 e. The fourth-order valence-corrected chi connectivity index (χ4v) is 2.15. The van der Waals surface area contributed by atoms with Gasteiger partial charge in [-0.3, -0.25) is 0 Å². The van der Waals surface area contributed by atoms with Crippen molar-refractivity contribution in [2.24, 2.45) is 0 Å². The molecule has 0 amide bonds. The summed E-state index contributed by atoms with van der Waals surface area (Å²) in [6, 6.07) is 10.1. The molecule has 0 saturated heterocycles. The van der Waals surface area contributed by atoms with E-state index in [-0.39, 0.29) is 17.9 Å². The minimum Gasteiger partial charge on any atom is -0.488 e. The Morgan fingerprint density at radius 1 is 1.17 bits per heavy atom. The van der Waals surface area contributed by atoms with Crippen molar-refractivity contribution >= 4 is 6.16 Å². The highest BCUT2D eigenvalue weighted by Gasteiger charge is 2.14. The van der Waals surface area contributed by atoms with Gasteiger partial charge in [0.25, 0.3) is 0 Å². The van der Waals surface area contributed by atoms with Gasteiger partial charge in [-0.2, -0.15) is 0 Å². The topological polar surface area (TPSA) is 44.8 Å². The van der Waals surface area contributed by atoms with Crippen LogP contribution in [-0.2, 0) is 17.8 Å². The van der Waals surface area contributed by atoms with Crippen LogP contribution in [-0.4, -0.2) is 13.3 Å². The van der Waals surface area contributed by atoms with Crippen molar-refractivity contribution in [1.29, 1.82) is 0 Å². The lowest BCUT2D eigenvalue weighted by Crippen LogP contribution is -2.11. The van der Waals surface area contributed by atoms with Gasteiger partial charge < -0.3 is 14.2 Å². The molecule has 2 aromatic rings. The first-order valence-electron chi connectivity index (χ1n) is 7.30. The van der Waals surface area contributed by atoms with Crippen LogP contribution in [0.4, 0.5) is 9.18 Å². The number of ether oxygens (including phenoxy) is 3. The van der Waals surface area contributed by atoms with Crippen molar-refractivity contribution in [3.63, 3.8) is 0 Å². The van der Waals surface area contributed by atoms with E-state index in [0.29, 0.717) is 5.75 Å². The van der Waals surface area contributed by atoms with Gasteiger partial charge in [-0.15, -0.1) is 0 Å². The monoisotopic (exact) mass is 318 g/mol. The van der Waals surface area contributed by atoms with E-state index in [0.717, 1.165) is 12.0 Å². The van der Waals surface area contributed by atoms with Crippen molar-refractivity contribution in [2.45, 2.75) is 26.9 Å². The number of halogens is 1. The van der Waals surface area contributed by atoms with Crippen LogP contribution in [0, 0.1) is 12.7 Å². The van der Waals surface area contributed by atoms with Gasteiger partial charge in [-0.25, -0.2) is 9.18 Å². The highest BCUT2D eigenvalue weighted by atomic mass is 19.1. The first kappa shape index (κ1) is 16.8. The second kappa shape index (κ2) is 7.63. The summed E-state index contributed by atoms with van der Waals surface area (Å²) in [7, 11) is 1.19. The summed E-state index contributed by atoms with van der Waals surface area (Å²) in [5, 5.41) is 0. The summed E-state index contributed by atoms with van der Waals surface area (Å²) in [5.41, 5.74) is 2.34. The molecule has 0 N–H and O–H groups in total. The van der Waals surface area contributed by atoms with Gasteiger partial charge in [0, 0.05) is 0 Å². The molecule has 0 bridgehead atoms. The number of hydrogen-bond acceptors (Lipinski definition) is 4. The normalized spacial score (nSPS) is 10.3. The number of methoxy groups -OCH3 is 1. The molecule has 2 rings (SSSR count). The summed E-state index contributed by atoms with van der Waals surface area (Å²) in [6.07, 6.45) is 0.0336. The Balaban J connectivity index is 2.18. The van der Waals surface area contributed by atoms with Crippen LogP contribution in [0.25, 0.3) is 0 Å². The van der Waals surface area contributed by atoms with E-state index in [1.165, 1.54) is 30.9 Å². The Morgan fingerprint density at radius 2 is 1.96 bits per heavy atom. The second-order valence-electron chi connectivity index (χ2n) is 5.01. The molecule has 0 aliphatic rings. The standard InChI is InChI=1S/C18H19FO4/c1-4-13-8-9-16(12(2)10-13)22-11-14-15(19)6-5-7-17(14)23-18(20)21-3/h5-10H,4,11H2,1-3H3. The van der Waals surface area contributed by atoms with E-state index >= 15 is 0 Å². The first-order chi connectivity index (χ1) is 11.0. The molecule has 0 aromatic heterocycles. The Bertz CT molecular complexity index is 697. The molecule has 23 heavy (non-hydrogen) atoms. The van der Waals surface area contributed by atoms with Crippen LogP contribution in [0.15, 0.2) is 36.4 Å². The summed E-state index contributed by atoms with van der Waals surface area (Å²) in [4.78, 5) is 11.2. The SMILES string of the molecule is CCc1ccc(OCc2c(F)cccc2OC(=O)OC)c(C)c1. The number of carbonyl (C=O) groups is 1. The van der Waals surface area contributed by atoms with Crippen molar-refractivity contribution < 1.29 is 23.4 Å². The predicted octanol–water partition coefficient (Wildman–Crippen LogP) is 4.42. The van der Waals surface area contributed by atoms with Gasteiger partial charge in [0.2, 0.25) is 0 Å². The fourth-order valence-electron chi connectivity index (χ4n) is 2.15. The number of carbonyl (C=O) groups excluding carboxylic acids is 1. The van der Waals surface area contributed by atoms with Crippen molar-refractivity contribution in [1.82, 2.24) is 0 Å². The Hall–Kier alpha value is -2.56. The van der Waals surface area contributed by atoms with Crippen LogP contribution in [0.3, 0.4) is 0 Å². The molecule has 5 heteroatoms. The molecule has 0 spiro atoms. The minimum absolute atomic E-state index is 0.0503. The highest BCUT2D eigenvalue weighted by Crippen LogP contribution is 2.26. The van der Waals surface area contributed by atoms with Crippen LogP contribution in [0.5, 0.6) is 11.5 Å². The van der Waals surface area contributed by atoms with Crippen LogP contribution in [0.1, 0.15) is 23.6 Å². The lowest BCUT2D eigenvalue weighted by Gasteiger charge is -2.13. The van der Waals surface area contributed by atoms with Gasteiger partial charge in [0.15, 0.2) is 0 Å². The molecular weight excluding hydrogens is 299 g/mol. The molecule has 0 atom stereocenters. The average Bonchev–Trinajstić information content (AvgIpc) is 2.55. The molecule has 0 unspecified atom stereocenters. The van der Waals surface area contributed by atoms with Gasteiger partial charge >= 0.3 is 6.16 Å². The molecule has 4 nitrogen and oxygen atoms in total. The van der Waals surface area contributed by atoms with E-state index in [2.05, 4.69) is 11.7 Å². The molecule has 0 aliphatic carbocycles. The van der Waals surface area contributed by atoms with Gasteiger partial charge in [0.1, 0.15) is 23.9 Å². The summed E-state index contributed by atoms with van der Waals surface area (Å²) >= 11 is 0. The first-order valence-corrected chi connectivity index (χ1v) is 7.30. The molecule has 0 aliphatic heterocycles. The molecule has 122 valence electrons. The zero-order valence-corrected chi connectivity index (χ0v) is 13.4. The van der Waals surface area contributed by atoms with Gasteiger partial charge in [-0.1, -0.05) is 25.1 Å². The van der Waals surface area contributed by atoms with Crippen LogP contribution >= 0.6 is 0 Å². The highest BCUT2D eigenvalue weighted by molar-refractivity contribution is 5.64. The smallest absolute Gasteiger partial charge is 0.488 e. The van der Waals surface area contributed by atoms with Crippen molar-refractivity contribution in [2.75, 3.05) is 7.11 Å². The van der Waals surface area contributed by atoms with Crippen LogP contribution < -0.4 is 9.47 Å². The third kappa shape index (κ3) is 4.22. The van der Waals surface area contributed by atoms with Gasteiger partial charge in [-0.05, 0) is 42.7 Å². The number of rotatable bonds is 5. The molecule has 2 aromatic carbocycles. The van der Waals surface area contributed by atoms with Crippen molar-refractivity contribution in [3.8, 4) is 11.5 Å². The Kier molecular flexibility index (Phi) is 5.57. The lowest BCUT2D eigenvalue weighted by molar-refractivity contribution is 0.120. The molecule has 0 fully saturated rings. The molecule has 0 saturated carbocycles. The Labute approximate surface area is 134 Å².